The van der Waals surface area contributed by atoms with Crippen molar-refractivity contribution >= 4 is 21.6 Å². The van der Waals surface area contributed by atoms with E-state index in [2.05, 4.69) is 0 Å². The number of sulfone groups is 1. The monoisotopic (exact) mass is 389 g/mol. The zero-order valence-electron chi connectivity index (χ0n) is 14.2. The van der Waals surface area contributed by atoms with E-state index in [4.69, 9.17) is 10.00 Å². The van der Waals surface area contributed by atoms with Crippen LogP contribution in [0.15, 0.2) is 76.5 Å². The molecular weight excluding hydrogens is 378 g/mol. The molecule has 0 atom stereocenters. The van der Waals surface area contributed by atoms with Crippen molar-refractivity contribution in [3.63, 3.8) is 0 Å². The highest BCUT2D eigenvalue weighted by atomic mass is 32.2. The number of hydrogen-bond acceptors (Lipinski definition) is 6. The predicted octanol–water partition coefficient (Wildman–Crippen LogP) is 3.15. The van der Waals surface area contributed by atoms with Crippen LogP contribution in [-0.2, 0) is 9.84 Å². The van der Waals surface area contributed by atoms with E-state index in [9.17, 15) is 18.0 Å². The molecule has 0 fully saturated rings. The fourth-order valence-electron chi connectivity index (χ4n) is 3.01. The molecule has 28 heavy (non-hydrogen) atoms. The first-order valence-corrected chi connectivity index (χ1v) is 9.65. The Morgan fingerprint density at radius 3 is 2.43 bits per heavy atom. The maximum absolute atomic E-state index is 12.9. The fourth-order valence-corrected chi connectivity index (χ4v) is 4.68. The summed E-state index contributed by atoms with van der Waals surface area (Å²) in [5, 5.41) is 8.92. The quantitative estimate of drug-likeness (QED) is 0.386. The van der Waals surface area contributed by atoms with Crippen LogP contribution in [0.3, 0.4) is 0 Å². The standard InChI is InChI=1S/C21H11NO5S/c22-12-13-4-3-5-15(10-13)27-21(24)14-8-9-17-19(11-14)28(25,26)18-7-2-1-6-16(18)20(17)23/h1-11H. The Labute approximate surface area is 160 Å². The molecule has 1 aliphatic rings. The molecule has 6 nitrogen and oxygen atoms in total. The van der Waals surface area contributed by atoms with E-state index in [0.717, 1.165) is 6.07 Å². The average molecular weight is 389 g/mol. The lowest BCUT2D eigenvalue weighted by molar-refractivity contribution is 0.0734. The molecule has 0 bridgehead atoms. The Morgan fingerprint density at radius 2 is 1.64 bits per heavy atom. The molecule has 0 amide bonds. The van der Waals surface area contributed by atoms with Crippen LogP contribution in [-0.4, -0.2) is 20.2 Å². The van der Waals surface area contributed by atoms with Gasteiger partial charge in [0.05, 0.1) is 27.0 Å². The first-order valence-electron chi connectivity index (χ1n) is 8.17. The van der Waals surface area contributed by atoms with Crippen LogP contribution in [0.2, 0.25) is 0 Å². The molecular formula is C21H11NO5S. The Bertz CT molecular complexity index is 1300. The minimum atomic E-state index is -3.95. The van der Waals surface area contributed by atoms with Gasteiger partial charge in [0.15, 0.2) is 5.78 Å². The molecule has 0 N–H and O–H groups in total. The number of rotatable bonds is 2. The molecule has 0 aliphatic carbocycles. The van der Waals surface area contributed by atoms with Gasteiger partial charge in [-0.1, -0.05) is 18.2 Å². The van der Waals surface area contributed by atoms with Crippen molar-refractivity contribution < 1.29 is 22.7 Å². The number of hydrogen-bond donors (Lipinski definition) is 0. The van der Waals surface area contributed by atoms with E-state index in [-0.39, 0.29) is 32.2 Å². The van der Waals surface area contributed by atoms with Crippen molar-refractivity contribution in [2.45, 2.75) is 9.79 Å². The second-order valence-corrected chi connectivity index (χ2v) is 7.96. The summed E-state index contributed by atoms with van der Waals surface area (Å²) in [6.45, 7) is 0. The van der Waals surface area contributed by atoms with Crippen molar-refractivity contribution in [2.24, 2.45) is 0 Å². The predicted molar refractivity (Wildman–Crippen MR) is 97.9 cm³/mol. The molecule has 0 aromatic heterocycles. The largest absolute Gasteiger partial charge is 0.423 e. The highest BCUT2D eigenvalue weighted by molar-refractivity contribution is 7.91. The van der Waals surface area contributed by atoms with Gasteiger partial charge in [-0.05, 0) is 48.5 Å². The number of carbonyl (C=O) groups excluding carboxylic acids is 2. The molecule has 0 spiro atoms. The summed E-state index contributed by atoms with van der Waals surface area (Å²) < 4.78 is 31.1. The molecule has 136 valence electrons. The van der Waals surface area contributed by atoms with Crippen LogP contribution >= 0.6 is 0 Å². The zero-order valence-corrected chi connectivity index (χ0v) is 15.1. The van der Waals surface area contributed by atoms with Gasteiger partial charge in [0.25, 0.3) is 0 Å². The fraction of sp³-hybridized carbons (Fsp3) is 0. The number of esters is 1. The average Bonchev–Trinajstić information content (AvgIpc) is 2.72. The molecule has 1 heterocycles. The molecule has 0 saturated heterocycles. The first kappa shape index (κ1) is 17.6. The van der Waals surface area contributed by atoms with Gasteiger partial charge in [-0.3, -0.25) is 4.79 Å². The highest BCUT2D eigenvalue weighted by Gasteiger charge is 2.35. The van der Waals surface area contributed by atoms with Crippen molar-refractivity contribution in [3.8, 4) is 11.8 Å². The normalized spacial score (nSPS) is 13.8. The number of ketones is 1. The molecule has 1 aliphatic heterocycles. The second-order valence-electron chi connectivity index (χ2n) is 6.07. The summed E-state index contributed by atoms with van der Waals surface area (Å²) in [6, 6.07) is 17.7. The summed E-state index contributed by atoms with van der Waals surface area (Å²) in [5.74, 6) is -1.05. The van der Waals surface area contributed by atoms with Gasteiger partial charge >= 0.3 is 5.97 Å². The van der Waals surface area contributed by atoms with Crippen molar-refractivity contribution in [1.29, 1.82) is 5.26 Å². The summed E-state index contributed by atoms with van der Waals surface area (Å²) in [4.78, 5) is 24.8. The topological polar surface area (TPSA) is 101 Å². The summed E-state index contributed by atoms with van der Waals surface area (Å²) >= 11 is 0. The maximum Gasteiger partial charge on any atom is 0.343 e. The Hall–Kier alpha value is -3.76. The SMILES string of the molecule is N#Cc1cccc(OC(=O)c2ccc3c(c2)S(=O)(=O)c2ccccc2C3=O)c1. The van der Waals surface area contributed by atoms with Gasteiger partial charge < -0.3 is 4.74 Å². The zero-order chi connectivity index (χ0) is 19.9. The first-order chi connectivity index (χ1) is 13.4. The molecule has 0 unspecified atom stereocenters. The van der Waals surface area contributed by atoms with Gasteiger partial charge in [0.2, 0.25) is 9.84 Å². The molecule has 7 heteroatoms. The Kier molecular flexibility index (Phi) is 4.06. The van der Waals surface area contributed by atoms with Crippen LogP contribution in [0.25, 0.3) is 0 Å². The van der Waals surface area contributed by atoms with E-state index >= 15 is 0 Å². The third kappa shape index (κ3) is 2.76. The minimum absolute atomic E-state index is 0.0155. The number of ether oxygens (including phenoxy) is 1. The summed E-state index contributed by atoms with van der Waals surface area (Å²) in [5.41, 5.74) is 0.428. The van der Waals surface area contributed by atoms with Gasteiger partial charge in [-0.2, -0.15) is 5.26 Å². The lowest BCUT2D eigenvalue weighted by Crippen LogP contribution is -2.21. The highest BCUT2D eigenvalue weighted by Crippen LogP contribution is 2.34. The number of carbonyl (C=O) groups is 2. The van der Waals surface area contributed by atoms with E-state index in [0.29, 0.717) is 5.56 Å². The third-order valence-electron chi connectivity index (χ3n) is 4.35. The van der Waals surface area contributed by atoms with E-state index < -0.39 is 21.6 Å². The van der Waals surface area contributed by atoms with Crippen molar-refractivity contribution in [3.05, 3.63) is 89.0 Å². The van der Waals surface area contributed by atoms with Gasteiger partial charge in [0.1, 0.15) is 5.75 Å². The number of fused-ring (bicyclic) bond motifs is 2. The minimum Gasteiger partial charge on any atom is -0.423 e. The molecule has 3 aromatic carbocycles. The lowest BCUT2D eigenvalue weighted by Gasteiger charge is -2.19. The van der Waals surface area contributed by atoms with Crippen LogP contribution in [0, 0.1) is 11.3 Å². The van der Waals surface area contributed by atoms with Crippen molar-refractivity contribution in [2.75, 3.05) is 0 Å². The van der Waals surface area contributed by atoms with Crippen LogP contribution in [0.4, 0.5) is 0 Å². The van der Waals surface area contributed by atoms with Crippen molar-refractivity contribution in [1.82, 2.24) is 0 Å². The van der Waals surface area contributed by atoms with Gasteiger partial charge in [0, 0.05) is 11.1 Å². The second kappa shape index (κ2) is 6.44. The molecule has 4 rings (SSSR count). The Balaban J connectivity index is 1.75. The third-order valence-corrected chi connectivity index (χ3v) is 6.20. The number of nitriles is 1. The lowest BCUT2D eigenvalue weighted by atomic mass is 10.0. The molecule has 0 saturated carbocycles. The number of benzene rings is 3. The van der Waals surface area contributed by atoms with Crippen LogP contribution in [0.5, 0.6) is 5.75 Å². The van der Waals surface area contributed by atoms with Gasteiger partial charge in [-0.15, -0.1) is 0 Å². The van der Waals surface area contributed by atoms with E-state index in [1.54, 1.807) is 18.2 Å². The summed E-state index contributed by atoms with van der Waals surface area (Å²) in [7, 11) is -3.95. The van der Waals surface area contributed by atoms with Crippen LogP contribution < -0.4 is 4.74 Å². The van der Waals surface area contributed by atoms with E-state index in [1.165, 1.54) is 42.5 Å². The number of nitrogens with zero attached hydrogens (tertiary/aromatic N) is 1. The summed E-state index contributed by atoms with van der Waals surface area (Å²) in [6.07, 6.45) is 0. The maximum atomic E-state index is 12.9. The molecule has 3 aromatic rings. The van der Waals surface area contributed by atoms with E-state index in [1.807, 2.05) is 6.07 Å². The van der Waals surface area contributed by atoms with Gasteiger partial charge in [-0.25, -0.2) is 13.2 Å². The van der Waals surface area contributed by atoms with Crippen LogP contribution in [0.1, 0.15) is 31.8 Å². The smallest absolute Gasteiger partial charge is 0.343 e. The molecule has 0 radical (unpaired) electrons. The Morgan fingerprint density at radius 1 is 0.893 bits per heavy atom.